The summed E-state index contributed by atoms with van der Waals surface area (Å²) >= 11 is 0. The van der Waals surface area contributed by atoms with E-state index in [1.165, 1.54) is 82.6 Å². The van der Waals surface area contributed by atoms with Crippen molar-refractivity contribution in [1.82, 2.24) is 5.32 Å². The molecule has 1 aromatic carbocycles. The van der Waals surface area contributed by atoms with Crippen molar-refractivity contribution in [3.63, 3.8) is 0 Å². The van der Waals surface area contributed by atoms with E-state index in [4.69, 9.17) is 4.74 Å². The highest BCUT2D eigenvalue weighted by Gasteiger charge is 2.01. The van der Waals surface area contributed by atoms with Crippen molar-refractivity contribution in [2.24, 2.45) is 0 Å². The summed E-state index contributed by atoms with van der Waals surface area (Å²) in [6.45, 7) is 2.99. The van der Waals surface area contributed by atoms with Crippen LogP contribution in [0.3, 0.4) is 0 Å². The Balaban J connectivity index is 1.85. The Morgan fingerprint density at radius 3 is 1.79 bits per heavy atom. The molecule has 0 atom stereocenters. The molecular weight excluding hydrogens is 346 g/mol. The molecule has 3 nitrogen and oxygen atoms in total. The van der Waals surface area contributed by atoms with Crippen molar-refractivity contribution in [1.29, 1.82) is 0 Å². The smallest absolute Gasteiger partial charge is 0.220 e. The summed E-state index contributed by atoms with van der Waals surface area (Å²) in [5, 5.41) is 3.03. The summed E-state index contributed by atoms with van der Waals surface area (Å²) < 4.78 is 5.15. The highest BCUT2D eigenvalue weighted by Crippen LogP contribution is 2.13. The lowest BCUT2D eigenvalue weighted by atomic mass is 10.0. The lowest BCUT2D eigenvalue weighted by Crippen LogP contribution is -2.25. The highest BCUT2D eigenvalue weighted by molar-refractivity contribution is 5.75. The molecule has 0 aliphatic heterocycles. The third kappa shape index (κ3) is 13.6. The standard InChI is InChI=1S/C25H43NO2/c1-3-4-5-6-7-8-9-10-11-12-13-14-15-16-25(27)26-22-21-23-17-19-24(28-2)20-18-23/h17-20H,3-16,21-22H2,1-2H3,(H,26,27). The van der Waals surface area contributed by atoms with Gasteiger partial charge in [-0.2, -0.15) is 0 Å². The summed E-state index contributed by atoms with van der Waals surface area (Å²) in [6.07, 6.45) is 18.9. The molecule has 0 unspecified atom stereocenters. The van der Waals surface area contributed by atoms with Gasteiger partial charge in [-0.15, -0.1) is 0 Å². The summed E-state index contributed by atoms with van der Waals surface area (Å²) in [6, 6.07) is 8.03. The predicted octanol–water partition coefficient (Wildman–Crippen LogP) is 6.84. The first-order valence-electron chi connectivity index (χ1n) is 11.7. The van der Waals surface area contributed by atoms with Crippen molar-refractivity contribution in [3.05, 3.63) is 29.8 Å². The van der Waals surface area contributed by atoms with E-state index in [9.17, 15) is 4.79 Å². The largest absolute Gasteiger partial charge is 0.497 e. The van der Waals surface area contributed by atoms with Crippen LogP contribution in [0.1, 0.15) is 102 Å². The van der Waals surface area contributed by atoms with Crippen LogP contribution in [0, 0.1) is 0 Å². The van der Waals surface area contributed by atoms with Gasteiger partial charge in [0.2, 0.25) is 5.91 Å². The maximum absolute atomic E-state index is 11.9. The van der Waals surface area contributed by atoms with E-state index in [1.807, 2.05) is 12.1 Å². The Kier molecular flexibility index (Phi) is 15.4. The number of methoxy groups -OCH3 is 1. The number of hydrogen-bond acceptors (Lipinski definition) is 2. The molecule has 0 aliphatic carbocycles. The SMILES string of the molecule is CCCCCCCCCCCCCCCC(=O)NCCc1ccc(OC)cc1. The van der Waals surface area contributed by atoms with Gasteiger partial charge in [-0.05, 0) is 30.5 Å². The van der Waals surface area contributed by atoms with E-state index < -0.39 is 0 Å². The normalized spacial score (nSPS) is 10.8. The number of carbonyl (C=O) groups is 1. The molecule has 160 valence electrons. The predicted molar refractivity (Wildman–Crippen MR) is 120 cm³/mol. The quantitative estimate of drug-likeness (QED) is 0.279. The first-order valence-corrected chi connectivity index (χ1v) is 11.7. The van der Waals surface area contributed by atoms with E-state index in [0.717, 1.165) is 18.6 Å². The van der Waals surface area contributed by atoms with Crippen molar-refractivity contribution >= 4 is 5.91 Å². The zero-order valence-corrected chi connectivity index (χ0v) is 18.4. The van der Waals surface area contributed by atoms with Crippen LogP contribution in [-0.2, 0) is 11.2 Å². The van der Waals surface area contributed by atoms with Gasteiger partial charge in [0.25, 0.3) is 0 Å². The zero-order valence-electron chi connectivity index (χ0n) is 18.4. The summed E-state index contributed by atoms with van der Waals surface area (Å²) in [5.74, 6) is 1.06. The molecule has 0 bridgehead atoms. The maximum Gasteiger partial charge on any atom is 0.220 e. The number of carbonyl (C=O) groups excluding carboxylic acids is 1. The molecule has 0 aromatic heterocycles. The fraction of sp³-hybridized carbons (Fsp3) is 0.720. The molecular formula is C25H43NO2. The minimum atomic E-state index is 0.191. The molecule has 1 aromatic rings. The Morgan fingerprint density at radius 2 is 1.29 bits per heavy atom. The molecule has 0 saturated heterocycles. The zero-order chi connectivity index (χ0) is 20.3. The number of ether oxygens (including phenoxy) is 1. The van der Waals surface area contributed by atoms with Gasteiger partial charge in [0, 0.05) is 13.0 Å². The topological polar surface area (TPSA) is 38.3 Å². The Hall–Kier alpha value is -1.51. The van der Waals surface area contributed by atoms with Crippen LogP contribution in [0.2, 0.25) is 0 Å². The molecule has 0 saturated carbocycles. The minimum absolute atomic E-state index is 0.191. The minimum Gasteiger partial charge on any atom is -0.497 e. The molecule has 0 spiro atoms. The van der Waals surface area contributed by atoms with Crippen molar-refractivity contribution in [2.45, 2.75) is 103 Å². The van der Waals surface area contributed by atoms with Crippen LogP contribution in [0.5, 0.6) is 5.75 Å². The Labute approximate surface area is 173 Å². The van der Waals surface area contributed by atoms with Crippen molar-refractivity contribution < 1.29 is 9.53 Å². The molecule has 0 fully saturated rings. The van der Waals surface area contributed by atoms with Gasteiger partial charge < -0.3 is 10.1 Å². The molecule has 0 radical (unpaired) electrons. The van der Waals surface area contributed by atoms with Crippen molar-refractivity contribution in [2.75, 3.05) is 13.7 Å². The van der Waals surface area contributed by atoms with Crippen LogP contribution >= 0.6 is 0 Å². The second-order valence-corrected chi connectivity index (χ2v) is 7.94. The van der Waals surface area contributed by atoms with Gasteiger partial charge in [0.1, 0.15) is 5.75 Å². The van der Waals surface area contributed by atoms with Crippen LogP contribution in [0.25, 0.3) is 0 Å². The van der Waals surface area contributed by atoms with Gasteiger partial charge in [-0.3, -0.25) is 4.79 Å². The van der Waals surface area contributed by atoms with Gasteiger partial charge in [0.15, 0.2) is 0 Å². The lowest BCUT2D eigenvalue weighted by molar-refractivity contribution is -0.121. The van der Waals surface area contributed by atoms with Crippen LogP contribution in [0.15, 0.2) is 24.3 Å². The second kappa shape index (κ2) is 17.6. The van der Waals surface area contributed by atoms with E-state index in [0.29, 0.717) is 13.0 Å². The summed E-state index contributed by atoms with van der Waals surface area (Å²) in [4.78, 5) is 11.9. The fourth-order valence-corrected chi connectivity index (χ4v) is 3.53. The third-order valence-electron chi connectivity index (χ3n) is 5.40. The van der Waals surface area contributed by atoms with E-state index in [2.05, 4.69) is 24.4 Å². The van der Waals surface area contributed by atoms with Gasteiger partial charge in [-0.1, -0.05) is 96.1 Å². The maximum atomic E-state index is 11.9. The van der Waals surface area contributed by atoms with Gasteiger partial charge in [0.05, 0.1) is 7.11 Å². The van der Waals surface area contributed by atoms with Crippen LogP contribution in [0.4, 0.5) is 0 Å². The molecule has 0 aliphatic rings. The summed E-state index contributed by atoms with van der Waals surface area (Å²) in [5.41, 5.74) is 1.22. The van der Waals surface area contributed by atoms with E-state index >= 15 is 0 Å². The Morgan fingerprint density at radius 1 is 0.786 bits per heavy atom. The first kappa shape index (κ1) is 24.5. The molecule has 0 heterocycles. The number of benzene rings is 1. The number of unbranched alkanes of at least 4 members (excludes halogenated alkanes) is 12. The van der Waals surface area contributed by atoms with E-state index in [-0.39, 0.29) is 5.91 Å². The molecule has 1 amide bonds. The Bertz CT molecular complexity index is 484. The number of hydrogen-bond donors (Lipinski definition) is 1. The van der Waals surface area contributed by atoms with Gasteiger partial charge >= 0.3 is 0 Å². The van der Waals surface area contributed by atoms with Crippen LogP contribution in [-0.4, -0.2) is 19.6 Å². The summed E-state index contributed by atoms with van der Waals surface area (Å²) in [7, 11) is 1.67. The molecule has 28 heavy (non-hydrogen) atoms. The monoisotopic (exact) mass is 389 g/mol. The second-order valence-electron chi connectivity index (χ2n) is 7.94. The average Bonchev–Trinajstić information content (AvgIpc) is 2.72. The average molecular weight is 390 g/mol. The highest BCUT2D eigenvalue weighted by atomic mass is 16.5. The first-order chi connectivity index (χ1) is 13.8. The van der Waals surface area contributed by atoms with E-state index in [1.54, 1.807) is 7.11 Å². The molecule has 3 heteroatoms. The lowest BCUT2D eigenvalue weighted by Gasteiger charge is -2.06. The third-order valence-corrected chi connectivity index (χ3v) is 5.40. The number of amides is 1. The molecule has 1 N–H and O–H groups in total. The van der Waals surface area contributed by atoms with Crippen LogP contribution < -0.4 is 10.1 Å². The van der Waals surface area contributed by atoms with Crippen molar-refractivity contribution in [3.8, 4) is 5.75 Å². The fourth-order valence-electron chi connectivity index (χ4n) is 3.53. The number of nitrogens with one attached hydrogen (secondary N) is 1. The molecule has 1 rings (SSSR count). The number of rotatable bonds is 18. The van der Waals surface area contributed by atoms with Gasteiger partial charge in [-0.25, -0.2) is 0 Å².